The molecule has 0 bridgehead atoms. The van der Waals surface area contributed by atoms with Crippen LogP contribution in [0.1, 0.15) is 20.8 Å². The van der Waals surface area contributed by atoms with Gasteiger partial charge in [-0.3, -0.25) is 9.80 Å². The molecular formula is C17H24N2O3. The van der Waals surface area contributed by atoms with Crippen molar-refractivity contribution in [2.45, 2.75) is 38.6 Å². The third-order valence-electron chi connectivity index (χ3n) is 4.04. The van der Waals surface area contributed by atoms with Crippen molar-refractivity contribution in [2.75, 3.05) is 31.1 Å². The van der Waals surface area contributed by atoms with E-state index >= 15 is 0 Å². The van der Waals surface area contributed by atoms with Crippen LogP contribution in [0.25, 0.3) is 0 Å². The van der Waals surface area contributed by atoms with E-state index in [9.17, 15) is 4.79 Å². The van der Waals surface area contributed by atoms with Crippen LogP contribution >= 0.6 is 0 Å². The Bertz CT molecular complexity index is 532. The number of para-hydroxylation sites is 1. The maximum Gasteiger partial charge on any atom is 0.414 e. The number of morpholine rings is 1. The van der Waals surface area contributed by atoms with E-state index in [0.29, 0.717) is 6.54 Å². The monoisotopic (exact) mass is 304 g/mol. The first-order valence-electron chi connectivity index (χ1n) is 7.86. The van der Waals surface area contributed by atoms with E-state index in [-0.39, 0.29) is 23.9 Å². The fraction of sp³-hybridized carbons (Fsp3) is 0.588. The lowest BCUT2D eigenvalue weighted by Gasteiger charge is -2.42. The van der Waals surface area contributed by atoms with E-state index in [1.807, 2.05) is 30.3 Å². The second kappa shape index (κ2) is 5.89. The molecule has 0 aliphatic carbocycles. The van der Waals surface area contributed by atoms with E-state index in [4.69, 9.17) is 9.47 Å². The van der Waals surface area contributed by atoms with Crippen LogP contribution in [-0.2, 0) is 9.47 Å². The van der Waals surface area contributed by atoms with Gasteiger partial charge < -0.3 is 9.47 Å². The standard InChI is InChI=1S/C17H24N2O3/c1-13-9-18(12-17(2,3)22-13)10-15-11-19(16(20)21-15)14-7-5-4-6-8-14/h4-8,13,15H,9-12H2,1-3H3/t13-,15+/m1/s1. The average molecular weight is 304 g/mol. The second-order valence-electron chi connectivity index (χ2n) is 6.83. The Balaban J connectivity index is 1.62. The number of hydrogen-bond acceptors (Lipinski definition) is 4. The van der Waals surface area contributed by atoms with Crippen LogP contribution in [0.5, 0.6) is 0 Å². The van der Waals surface area contributed by atoms with Gasteiger partial charge >= 0.3 is 6.09 Å². The molecule has 3 rings (SSSR count). The topological polar surface area (TPSA) is 42.0 Å². The van der Waals surface area contributed by atoms with Crippen LogP contribution in [0.4, 0.5) is 10.5 Å². The van der Waals surface area contributed by atoms with Crippen LogP contribution in [0.3, 0.4) is 0 Å². The summed E-state index contributed by atoms with van der Waals surface area (Å²) in [5.41, 5.74) is 0.741. The number of amides is 1. The Morgan fingerprint density at radius 1 is 1.23 bits per heavy atom. The predicted octanol–water partition coefficient (Wildman–Crippen LogP) is 2.51. The Morgan fingerprint density at radius 3 is 2.64 bits per heavy atom. The highest BCUT2D eigenvalue weighted by molar-refractivity contribution is 5.89. The molecule has 1 aromatic rings. The molecule has 120 valence electrons. The summed E-state index contributed by atoms with van der Waals surface area (Å²) in [5.74, 6) is 0. The van der Waals surface area contributed by atoms with Gasteiger partial charge in [-0.25, -0.2) is 4.79 Å². The van der Waals surface area contributed by atoms with Gasteiger partial charge in [0.15, 0.2) is 0 Å². The Morgan fingerprint density at radius 2 is 1.95 bits per heavy atom. The Hall–Kier alpha value is -1.59. The molecule has 2 saturated heterocycles. The predicted molar refractivity (Wildman–Crippen MR) is 85.1 cm³/mol. The zero-order valence-corrected chi connectivity index (χ0v) is 13.5. The highest BCUT2D eigenvalue weighted by Crippen LogP contribution is 2.24. The van der Waals surface area contributed by atoms with Crippen molar-refractivity contribution in [3.63, 3.8) is 0 Å². The molecule has 0 saturated carbocycles. The summed E-state index contributed by atoms with van der Waals surface area (Å²) in [6.07, 6.45) is -0.142. The van der Waals surface area contributed by atoms with Gasteiger partial charge in [0.05, 0.1) is 18.2 Å². The third-order valence-corrected chi connectivity index (χ3v) is 4.04. The molecule has 0 radical (unpaired) electrons. The maximum absolute atomic E-state index is 12.1. The molecule has 0 aromatic heterocycles. The van der Waals surface area contributed by atoms with Gasteiger partial charge in [0.25, 0.3) is 0 Å². The summed E-state index contributed by atoms with van der Waals surface area (Å²) in [7, 11) is 0. The summed E-state index contributed by atoms with van der Waals surface area (Å²) in [6, 6.07) is 9.68. The number of benzene rings is 1. The molecule has 2 heterocycles. The van der Waals surface area contributed by atoms with Crippen LogP contribution < -0.4 is 4.90 Å². The van der Waals surface area contributed by atoms with Gasteiger partial charge in [-0.1, -0.05) is 18.2 Å². The van der Waals surface area contributed by atoms with E-state index < -0.39 is 0 Å². The summed E-state index contributed by atoms with van der Waals surface area (Å²) in [5, 5.41) is 0. The average Bonchev–Trinajstić information content (AvgIpc) is 2.78. The van der Waals surface area contributed by atoms with Gasteiger partial charge in [0, 0.05) is 25.3 Å². The minimum atomic E-state index is -0.253. The number of anilines is 1. The molecule has 2 fully saturated rings. The summed E-state index contributed by atoms with van der Waals surface area (Å²) in [6.45, 7) is 9.39. The lowest BCUT2D eigenvalue weighted by Crippen LogP contribution is -2.53. The number of nitrogens with zero attached hydrogens (tertiary/aromatic N) is 2. The fourth-order valence-corrected chi connectivity index (χ4v) is 3.45. The summed E-state index contributed by atoms with van der Waals surface area (Å²) in [4.78, 5) is 16.1. The van der Waals surface area contributed by atoms with Gasteiger partial charge in [-0.05, 0) is 32.9 Å². The highest BCUT2D eigenvalue weighted by Gasteiger charge is 2.37. The third kappa shape index (κ3) is 3.42. The molecule has 5 heteroatoms. The molecule has 0 N–H and O–H groups in total. The van der Waals surface area contributed by atoms with Gasteiger partial charge in [0.2, 0.25) is 0 Å². The van der Waals surface area contributed by atoms with Crippen molar-refractivity contribution in [1.82, 2.24) is 4.90 Å². The first-order valence-corrected chi connectivity index (χ1v) is 7.86. The number of hydrogen-bond donors (Lipinski definition) is 0. The lowest BCUT2D eigenvalue weighted by atomic mass is 10.1. The van der Waals surface area contributed by atoms with Gasteiger partial charge in [0.1, 0.15) is 6.10 Å². The van der Waals surface area contributed by atoms with E-state index in [1.165, 1.54) is 0 Å². The van der Waals surface area contributed by atoms with Crippen LogP contribution in [0.15, 0.2) is 30.3 Å². The number of cyclic esters (lactones) is 1. The minimum Gasteiger partial charge on any atom is -0.443 e. The highest BCUT2D eigenvalue weighted by atomic mass is 16.6. The van der Waals surface area contributed by atoms with Crippen molar-refractivity contribution < 1.29 is 14.3 Å². The number of carbonyl (C=O) groups excluding carboxylic acids is 1. The number of rotatable bonds is 3. The molecule has 0 spiro atoms. The number of carbonyl (C=O) groups is 1. The zero-order chi connectivity index (χ0) is 15.7. The second-order valence-corrected chi connectivity index (χ2v) is 6.83. The van der Waals surface area contributed by atoms with Crippen molar-refractivity contribution in [3.8, 4) is 0 Å². The lowest BCUT2D eigenvalue weighted by molar-refractivity contribution is -0.132. The van der Waals surface area contributed by atoms with Crippen molar-refractivity contribution in [2.24, 2.45) is 0 Å². The molecule has 0 unspecified atom stereocenters. The summed E-state index contributed by atoms with van der Waals surface area (Å²) < 4.78 is 11.5. The van der Waals surface area contributed by atoms with Crippen molar-refractivity contribution >= 4 is 11.8 Å². The number of ether oxygens (including phenoxy) is 2. The molecule has 22 heavy (non-hydrogen) atoms. The SMILES string of the molecule is C[C@@H]1CN(C[C@H]2CN(c3ccccc3)C(=O)O2)CC(C)(C)O1. The zero-order valence-electron chi connectivity index (χ0n) is 13.5. The van der Waals surface area contributed by atoms with Crippen molar-refractivity contribution in [3.05, 3.63) is 30.3 Å². The molecule has 1 amide bonds. The first kappa shape index (κ1) is 15.3. The van der Waals surface area contributed by atoms with E-state index in [0.717, 1.165) is 25.3 Å². The normalized spacial score (nSPS) is 28.7. The minimum absolute atomic E-state index is 0.0891. The summed E-state index contributed by atoms with van der Waals surface area (Å²) >= 11 is 0. The van der Waals surface area contributed by atoms with Crippen molar-refractivity contribution in [1.29, 1.82) is 0 Å². The maximum atomic E-state index is 12.1. The van der Waals surface area contributed by atoms with E-state index in [1.54, 1.807) is 4.90 Å². The van der Waals surface area contributed by atoms with Crippen LogP contribution in [-0.4, -0.2) is 55.0 Å². The molecule has 1 aromatic carbocycles. The fourth-order valence-electron chi connectivity index (χ4n) is 3.45. The first-order chi connectivity index (χ1) is 10.4. The van der Waals surface area contributed by atoms with E-state index in [2.05, 4.69) is 25.7 Å². The largest absolute Gasteiger partial charge is 0.443 e. The van der Waals surface area contributed by atoms with Gasteiger partial charge in [-0.2, -0.15) is 0 Å². The molecule has 2 aliphatic heterocycles. The molecule has 2 aliphatic rings. The smallest absolute Gasteiger partial charge is 0.414 e. The Labute approximate surface area is 131 Å². The Kier molecular flexibility index (Phi) is 4.10. The quantitative estimate of drug-likeness (QED) is 0.860. The van der Waals surface area contributed by atoms with Crippen LogP contribution in [0.2, 0.25) is 0 Å². The molecular weight excluding hydrogens is 280 g/mol. The van der Waals surface area contributed by atoms with Gasteiger partial charge in [-0.15, -0.1) is 0 Å². The van der Waals surface area contributed by atoms with Crippen LogP contribution in [0, 0.1) is 0 Å². The molecule has 5 nitrogen and oxygen atoms in total. The molecule has 2 atom stereocenters.